The highest BCUT2D eigenvalue weighted by molar-refractivity contribution is 5.81. The highest BCUT2D eigenvalue weighted by Gasteiger charge is 2.29. The summed E-state index contributed by atoms with van der Waals surface area (Å²) in [5.41, 5.74) is 0. The van der Waals surface area contributed by atoms with E-state index in [1.54, 1.807) is 0 Å². The number of carbonyl (C=O) groups is 3. The van der Waals surface area contributed by atoms with E-state index in [4.69, 9.17) is 0 Å². The average molecular weight is 395 g/mol. The molecule has 7 nitrogen and oxygen atoms in total. The van der Waals surface area contributed by atoms with Gasteiger partial charge in [-0.3, -0.25) is 19.3 Å². The summed E-state index contributed by atoms with van der Waals surface area (Å²) in [6.07, 6.45) is 7.29. The Bertz CT molecular complexity index is 524. The van der Waals surface area contributed by atoms with Crippen LogP contribution >= 0.6 is 0 Å². The van der Waals surface area contributed by atoms with E-state index < -0.39 is 0 Å². The maximum absolute atomic E-state index is 12.6. The molecule has 28 heavy (non-hydrogen) atoms. The molecule has 0 atom stereocenters. The number of likely N-dealkylation sites (tertiary alicyclic amines) is 1. The smallest absolute Gasteiger partial charge is 0.234 e. The minimum atomic E-state index is -0.0563. The molecule has 2 aliphatic rings. The predicted molar refractivity (Wildman–Crippen MR) is 110 cm³/mol. The van der Waals surface area contributed by atoms with Gasteiger partial charge in [-0.15, -0.1) is 0 Å². The minimum absolute atomic E-state index is 0.0451. The molecule has 1 aliphatic heterocycles. The van der Waals surface area contributed by atoms with Crippen LogP contribution in [0.3, 0.4) is 0 Å². The van der Waals surface area contributed by atoms with Crippen LogP contribution in [0.1, 0.15) is 65.7 Å². The Morgan fingerprint density at radius 3 is 2.14 bits per heavy atom. The molecule has 0 spiro atoms. The van der Waals surface area contributed by atoms with Crippen molar-refractivity contribution < 1.29 is 14.4 Å². The zero-order valence-corrected chi connectivity index (χ0v) is 17.8. The van der Waals surface area contributed by atoms with Gasteiger partial charge in [-0.2, -0.15) is 0 Å². The second kappa shape index (κ2) is 11.4. The van der Waals surface area contributed by atoms with E-state index in [1.807, 2.05) is 30.6 Å². The van der Waals surface area contributed by atoms with Crippen LogP contribution in [-0.2, 0) is 14.4 Å². The summed E-state index contributed by atoms with van der Waals surface area (Å²) in [5.74, 6) is 0.434. The lowest BCUT2D eigenvalue weighted by Gasteiger charge is -2.35. The van der Waals surface area contributed by atoms with Crippen LogP contribution in [0, 0.1) is 5.92 Å². The van der Waals surface area contributed by atoms with Gasteiger partial charge in [0.25, 0.3) is 0 Å². The van der Waals surface area contributed by atoms with Crippen molar-refractivity contribution in [3.8, 4) is 0 Å². The van der Waals surface area contributed by atoms with Gasteiger partial charge < -0.3 is 15.5 Å². The Morgan fingerprint density at radius 1 is 0.964 bits per heavy atom. The van der Waals surface area contributed by atoms with E-state index >= 15 is 0 Å². The lowest BCUT2D eigenvalue weighted by molar-refractivity contribution is -0.137. The van der Waals surface area contributed by atoms with Gasteiger partial charge in [0.2, 0.25) is 17.7 Å². The third kappa shape index (κ3) is 7.41. The second-order valence-corrected chi connectivity index (χ2v) is 8.53. The lowest BCUT2D eigenvalue weighted by Crippen LogP contribution is -2.50. The molecule has 1 aliphatic carbocycles. The summed E-state index contributed by atoms with van der Waals surface area (Å²) >= 11 is 0. The fourth-order valence-electron chi connectivity index (χ4n) is 4.18. The van der Waals surface area contributed by atoms with Crippen molar-refractivity contribution in [3.63, 3.8) is 0 Å². The van der Waals surface area contributed by atoms with Crippen molar-refractivity contribution in [2.45, 2.75) is 77.8 Å². The number of nitrogens with zero attached hydrogens (tertiary/aromatic N) is 2. The van der Waals surface area contributed by atoms with Crippen molar-refractivity contribution >= 4 is 17.7 Å². The van der Waals surface area contributed by atoms with Gasteiger partial charge in [0, 0.05) is 31.1 Å². The minimum Gasteiger partial charge on any atom is -0.353 e. The number of nitrogens with one attached hydrogen (secondary N) is 2. The molecule has 7 heteroatoms. The normalized spacial score (nSPS) is 19.1. The van der Waals surface area contributed by atoms with Gasteiger partial charge in [0.1, 0.15) is 0 Å². The Balaban J connectivity index is 1.70. The third-order valence-electron chi connectivity index (χ3n) is 5.76. The van der Waals surface area contributed by atoms with E-state index in [-0.39, 0.29) is 42.9 Å². The van der Waals surface area contributed by atoms with E-state index in [2.05, 4.69) is 10.6 Å². The van der Waals surface area contributed by atoms with Crippen molar-refractivity contribution in [1.29, 1.82) is 0 Å². The molecule has 160 valence electrons. The second-order valence-electron chi connectivity index (χ2n) is 8.53. The van der Waals surface area contributed by atoms with Crippen LogP contribution in [0.25, 0.3) is 0 Å². The first-order chi connectivity index (χ1) is 13.4. The maximum atomic E-state index is 12.6. The first kappa shape index (κ1) is 22.7. The monoisotopic (exact) mass is 394 g/mol. The molecule has 2 fully saturated rings. The Hall–Kier alpha value is -1.63. The van der Waals surface area contributed by atoms with Gasteiger partial charge in [0.15, 0.2) is 0 Å². The summed E-state index contributed by atoms with van der Waals surface area (Å²) in [6, 6.07) is 0.215. The summed E-state index contributed by atoms with van der Waals surface area (Å²) in [7, 11) is 0. The van der Waals surface area contributed by atoms with Crippen LogP contribution in [-0.4, -0.2) is 72.3 Å². The fourth-order valence-corrected chi connectivity index (χ4v) is 4.18. The van der Waals surface area contributed by atoms with Crippen LogP contribution in [0.5, 0.6) is 0 Å². The topological polar surface area (TPSA) is 81.8 Å². The SMILES string of the molecule is CCN(CC(=O)NC(C)C)CC(=O)NC1CCN(C(=O)C2CCCCC2)CC1. The van der Waals surface area contributed by atoms with Crippen LogP contribution in [0.15, 0.2) is 0 Å². The van der Waals surface area contributed by atoms with Gasteiger partial charge >= 0.3 is 0 Å². The van der Waals surface area contributed by atoms with Crippen molar-refractivity contribution in [3.05, 3.63) is 0 Å². The zero-order valence-electron chi connectivity index (χ0n) is 17.8. The number of amides is 3. The van der Waals surface area contributed by atoms with Crippen LogP contribution in [0.2, 0.25) is 0 Å². The number of piperidine rings is 1. The third-order valence-corrected chi connectivity index (χ3v) is 5.76. The average Bonchev–Trinajstić information content (AvgIpc) is 2.67. The molecule has 0 bridgehead atoms. The number of carbonyl (C=O) groups excluding carboxylic acids is 3. The molecule has 0 aromatic carbocycles. The molecule has 2 rings (SSSR count). The highest BCUT2D eigenvalue weighted by atomic mass is 16.2. The standard InChI is InChI=1S/C21H38N4O3/c1-4-24(14-19(26)22-16(2)3)15-20(27)23-18-10-12-25(13-11-18)21(28)17-8-6-5-7-9-17/h16-18H,4-15H2,1-3H3,(H,22,26)(H,23,27). The van der Waals surface area contributed by atoms with E-state index in [0.29, 0.717) is 12.5 Å². The molecule has 1 saturated carbocycles. The molecule has 0 aromatic heterocycles. The van der Waals surface area contributed by atoms with Crippen molar-refractivity contribution in [2.24, 2.45) is 5.92 Å². The van der Waals surface area contributed by atoms with E-state index in [9.17, 15) is 14.4 Å². The van der Waals surface area contributed by atoms with E-state index in [0.717, 1.165) is 38.8 Å². The molecular weight excluding hydrogens is 356 g/mol. The predicted octanol–water partition coefficient (Wildman–Crippen LogP) is 1.52. The van der Waals surface area contributed by atoms with Crippen LogP contribution in [0.4, 0.5) is 0 Å². The van der Waals surface area contributed by atoms with Gasteiger partial charge in [-0.25, -0.2) is 0 Å². The quantitative estimate of drug-likeness (QED) is 0.654. The molecule has 3 amide bonds. The Labute approximate surface area is 169 Å². The number of hydrogen-bond acceptors (Lipinski definition) is 4. The largest absolute Gasteiger partial charge is 0.353 e. The fraction of sp³-hybridized carbons (Fsp3) is 0.857. The summed E-state index contributed by atoms with van der Waals surface area (Å²) < 4.78 is 0. The number of hydrogen-bond donors (Lipinski definition) is 2. The van der Waals surface area contributed by atoms with Gasteiger partial charge in [-0.05, 0) is 46.1 Å². The Morgan fingerprint density at radius 2 is 1.57 bits per heavy atom. The molecule has 2 N–H and O–H groups in total. The van der Waals surface area contributed by atoms with Gasteiger partial charge in [0.05, 0.1) is 13.1 Å². The lowest BCUT2D eigenvalue weighted by atomic mass is 9.87. The summed E-state index contributed by atoms with van der Waals surface area (Å²) in [4.78, 5) is 40.8. The maximum Gasteiger partial charge on any atom is 0.234 e. The van der Waals surface area contributed by atoms with Crippen molar-refractivity contribution in [1.82, 2.24) is 20.4 Å². The highest BCUT2D eigenvalue weighted by Crippen LogP contribution is 2.26. The molecular formula is C21H38N4O3. The van der Waals surface area contributed by atoms with Crippen molar-refractivity contribution in [2.75, 3.05) is 32.7 Å². The number of rotatable bonds is 8. The zero-order chi connectivity index (χ0) is 20.5. The van der Waals surface area contributed by atoms with E-state index in [1.165, 1.54) is 19.3 Å². The van der Waals surface area contributed by atoms with Crippen LogP contribution < -0.4 is 10.6 Å². The Kier molecular flexibility index (Phi) is 9.22. The molecule has 0 aromatic rings. The molecule has 0 unspecified atom stereocenters. The summed E-state index contributed by atoms with van der Waals surface area (Å²) in [6.45, 7) is 8.36. The molecule has 1 saturated heterocycles. The first-order valence-electron chi connectivity index (χ1n) is 11.0. The number of likely N-dealkylation sites (N-methyl/N-ethyl adjacent to an activating group) is 1. The van der Waals surface area contributed by atoms with Gasteiger partial charge in [-0.1, -0.05) is 26.2 Å². The first-order valence-corrected chi connectivity index (χ1v) is 11.0. The molecule has 1 heterocycles. The summed E-state index contributed by atoms with van der Waals surface area (Å²) in [5, 5.41) is 5.94. The molecule has 0 radical (unpaired) electrons.